The van der Waals surface area contributed by atoms with Gasteiger partial charge in [0.1, 0.15) is 5.92 Å². The summed E-state index contributed by atoms with van der Waals surface area (Å²) in [6.07, 6.45) is -5.68. The third-order valence-corrected chi connectivity index (χ3v) is 5.70. The second kappa shape index (κ2) is 7.49. The van der Waals surface area contributed by atoms with E-state index in [-0.39, 0.29) is 5.56 Å². The van der Waals surface area contributed by atoms with Gasteiger partial charge in [0.25, 0.3) is 5.91 Å². The fourth-order valence-electron chi connectivity index (χ4n) is 4.28. The minimum Gasteiger partial charge on any atom is -0.273 e. The smallest absolute Gasteiger partial charge is 0.273 e. The maximum atomic E-state index is 13.4. The second-order valence-electron chi connectivity index (χ2n) is 7.63. The molecule has 0 bridgehead atoms. The minimum absolute atomic E-state index is 0.243. The van der Waals surface area contributed by atoms with Gasteiger partial charge in [0.05, 0.1) is 23.0 Å². The van der Waals surface area contributed by atoms with Crippen molar-refractivity contribution in [2.75, 3.05) is 9.96 Å². The molecule has 0 N–H and O–H groups in total. The van der Waals surface area contributed by atoms with E-state index in [0.29, 0.717) is 11.4 Å². The highest BCUT2D eigenvalue weighted by atomic mass is 19.4. The molecule has 0 aliphatic carbocycles. The maximum Gasteiger partial charge on any atom is 0.416 e. The first-order valence-corrected chi connectivity index (χ1v) is 9.97. The summed E-state index contributed by atoms with van der Waals surface area (Å²) in [6.45, 7) is 0. The highest BCUT2D eigenvalue weighted by Crippen LogP contribution is 2.48. The van der Waals surface area contributed by atoms with Crippen LogP contribution in [-0.4, -0.2) is 17.9 Å². The Bertz CT molecular complexity index is 1170. The lowest BCUT2D eigenvalue weighted by Crippen LogP contribution is -2.37. The monoisotopic (exact) mass is 438 g/mol. The van der Waals surface area contributed by atoms with Crippen LogP contribution in [0.3, 0.4) is 0 Å². The van der Waals surface area contributed by atoms with Crippen LogP contribution in [0, 0.1) is 5.92 Å². The third kappa shape index (κ3) is 3.23. The van der Waals surface area contributed by atoms with Crippen LogP contribution >= 0.6 is 0 Å². The van der Waals surface area contributed by atoms with E-state index in [1.807, 2.05) is 0 Å². The lowest BCUT2D eigenvalue weighted by Gasteiger charge is -2.29. The molecule has 162 valence electrons. The zero-order valence-corrected chi connectivity index (χ0v) is 16.6. The lowest BCUT2D eigenvalue weighted by atomic mass is 9.89. The van der Waals surface area contributed by atoms with Crippen LogP contribution in [0.1, 0.15) is 17.2 Å². The summed E-state index contributed by atoms with van der Waals surface area (Å²) in [5.74, 6) is -2.04. The van der Waals surface area contributed by atoms with E-state index >= 15 is 0 Å². The Morgan fingerprint density at radius 3 is 2.00 bits per heavy atom. The van der Waals surface area contributed by atoms with Gasteiger partial charge < -0.3 is 0 Å². The first kappa shape index (κ1) is 20.3. The zero-order chi connectivity index (χ0) is 22.5. The van der Waals surface area contributed by atoms with Gasteiger partial charge in [-0.05, 0) is 42.0 Å². The van der Waals surface area contributed by atoms with E-state index in [0.717, 1.165) is 17.0 Å². The van der Waals surface area contributed by atoms with Crippen molar-refractivity contribution in [1.82, 2.24) is 0 Å². The van der Waals surface area contributed by atoms with Crippen LogP contribution in [-0.2, 0) is 20.6 Å². The van der Waals surface area contributed by atoms with E-state index in [2.05, 4.69) is 0 Å². The largest absolute Gasteiger partial charge is 0.416 e. The Morgan fingerprint density at radius 1 is 0.750 bits per heavy atom. The molecule has 2 saturated heterocycles. The van der Waals surface area contributed by atoms with Gasteiger partial charge in [0.2, 0.25) is 5.91 Å². The molecule has 0 aromatic heterocycles. The molecule has 0 saturated carbocycles. The van der Waals surface area contributed by atoms with Crippen LogP contribution < -0.4 is 9.96 Å². The number of carbonyl (C=O) groups is 2. The SMILES string of the molecule is O=C1[C@@H]2[C@@H](c3cccc(C(F)(F)F)c3)N(c3ccccc3)O[C@H]2C(=O)N1c1ccccc1. The van der Waals surface area contributed by atoms with Crippen molar-refractivity contribution in [2.24, 2.45) is 5.92 Å². The van der Waals surface area contributed by atoms with E-state index in [4.69, 9.17) is 4.84 Å². The van der Waals surface area contributed by atoms with Gasteiger partial charge in [-0.1, -0.05) is 48.5 Å². The number of hydroxylamine groups is 1. The van der Waals surface area contributed by atoms with Gasteiger partial charge >= 0.3 is 6.18 Å². The molecule has 5 nitrogen and oxygen atoms in total. The molecule has 0 radical (unpaired) electrons. The molecule has 2 aliphatic heterocycles. The van der Waals surface area contributed by atoms with Crippen molar-refractivity contribution in [1.29, 1.82) is 0 Å². The molecule has 3 aromatic rings. The number of hydrogen-bond acceptors (Lipinski definition) is 4. The minimum atomic E-state index is -4.54. The molecule has 3 aromatic carbocycles. The number of anilines is 2. The zero-order valence-electron chi connectivity index (χ0n) is 16.6. The fourth-order valence-corrected chi connectivity index (χ4v) is 4.28. The molecule has 5 rings (SSSR count). The van der Waals surface area contributed by atoms with Gasteiger partial charge in [-0.15, -0.1) is 0 Å². The van der Waals surface area contributed by atoms with E-state index in [1.165, 1.54) is 17.2 Å². The summed E-state index contributed by atoms with van der Waals surface area (Å²) in [5.41, 5.74) is 0.348. The number of halogens is 3. The number of benzene rings is 3. The quantitative estimate of drug-likeness (QED) is 0.554. The van der Waals surface area contributed by atoms with Crippen molar-refractivity contribution in [3.63, 3.8) is 0 Å². The van der Waals surface area contributed by atoms with Crippen LogP contribution in [0.25, 0.3) is 0 Å². The average molecular weight is 438 g/mol. The standard InChI is InChI=1S/C24H17F3N2O3/c25-24(26,27)16-9-7-8-15(14-16)20-19-21(32-29(20)18-12-5-2-6-13-18)23(31)28(22(19)30)17-10-3-1-4-11-17/h1-14,19-21H/t19-,20-,21-/m1/s1. The van der Waals surface area contributed by atoms with Crippen molar-refractivity contribution in [2.45, 2.75) is 18.3 Å². The fraction of sp³-hybridized carbons (Fsp3) is 0.167. The normalized spacial score (nSPS) is 23.0. The average Bonchev–Trinajstić information content (AvgIpc) is 3.30. The summed E-state index contributed by atoms with van der Waals surface area (Å²) in [7, 11) is 0. The van der Waals surface area contributed by atoms with Crippen LogP contribution in [0.15, 0.2) is 84.9 Å². The van der Waals surface area contributed by atoms with Crippen molar-refractivity contribution in [3.05, 3.63) is 96.1 Å². The number of carbonyl (C=O) groups excluding carboxylic acids is 2. The highest BCUT2D eigenvalue weighted by molar-refractivity contribution is 6.23. The number of hydrogen-bond donors (Lipinski definition) is 0. The summed E-state index contributed by atoms with van der Waals surface area (Å²) in [4.78, 5) is 33.6. The van der Waals surface area contributed by atoms with Crippen LogP contribution in [0.2, 0.25) is 0 Å². The van der Waals surface area contributed by atoms with Gasteiger partial charge in [0, 0.05) is 0 Å². The maximum absolute atomic E-state index is 13.4. The molecule has 3 atom stereocenters. The van der Waals surface area contributed by atoms with E-state index in [1.54, 1.807) is 60.7 Å². The van der Waals surface area contributed by atoms with Gasteiger partial charge in [0.15, 0.2) is 6.10 Å². The van der Waals surface area contributed by atoms with Crippen LogP contribution in [0.4, 0.5) is 24.5 Å². The number of amides is 2. The third-order valence-electron chi connectivity index (χ3n) is 5.70. The van der Waals surface area contributed by atoms with Crippen LogP contribution in [0.5, 0.6) is 0 Å². The number of fused-ring (bicyclic) bond motifs is 1. The van der Waals surface area contributed by atoms with Gasteiger partial charge in [-0.3, -0.25) is 14.4 Å². The second-order valence-corrected chi connectivity index (χ2v) is 7.63. The Balaban J connectivity index is 1.61. The predicted octanol–water partition coefficient (Wildman–Crippen LogP) is 4.76. The molecule has 0 unspecified atom stereocenters. The molecular formula is C24H17F3N2O3. The molecule has 0 spiro atoms. The van der Waals surface area contributed by atoms with Gasteiger partial charge in [-0.2, -0.15) is 13.2 Å². The Labute approximate surface area is 181 Å². The number of alkyl halides is 3. The molecule has 8 heteroatoms. The number of imide groups is 1. The molecule has 2 heterocycles. The first-order chi connectivity index (χ1) is 15.4. The Morgan fingerprint density at radius 2 is 1.38 bits per heavy atom. The first-order valence-electron chi connectivity index (χ1n) is 9.97. The number of nitrogens with zero attached hydrogens (tertiary/aromatic N) is 2. The Hall–Kier alpha value is -3.65. The molecular weight excluding hydrogens is 421 g/mol. The summed E-state index contributed by atoms with van der Waals surface area (Å²) in [5, 5.41) is 1.38. The van der Waals surface area contributed by atoms with Crippen molar-refractivity contribution >= 4 is 23.2 Å². The Kier molecular flexibility index (Phi) is 4.74. The molecule has 2 fully saturated rings. The van der Waals surface area contributed by atoms with Crippen molar-refractivity contribution < 1.29 is 27.6 Å². The van der Waals surface area contributed by atoms with E-state index < -0.39 is 41.6 Å². The molecule has 32 heavy (non-hydrogen) atoms. The van der Waals surface area contributed by atoms with Crippen molar-refractivity contribution in [3.8, 4) is 0 Å². The number of para-hydroxylation sites is 2. The molecule has 2 aliphatic rings. The highest BCUT2D eigenvalue weighted by Gasteiger charge is 2.60. The van der Waals surface area contributed by atoms with E-state index in [9.17, 15) is 22.8 Å². The summed E-state index contributed by atoms with van der Waals surface area (Å²) >= 11 is 0. The number of rotatable bonds is 3. The predicted molar refractivity (Wildman–Crippen MR) is 110 cm³/mol. The summed E-state index contributed by atoms with van der Waals surface area (Å²) in [6, 6.07) is 21.0. The lowest BCUT2D eigenvalue weighted by molar-refractivity contribution is -0.137. The summed E-state index contributed by atoms with van der Waals surface area (Å²) < 4.78 is 40.2. The molecule has 2 amide bonds. The topological polar surface area (TPSA) is 49.9 Å². The van der Waals surface area contributed by atoms with Gasteiger partial charge in [-0.25, -0.2) is 9.96 Å².